The Balaban J connectivity index is 3.94. The molecule has 0 aliphatic heterocycles. The van der Waals surface area contributed by atoms with Gasteiger partial charge in [-0.25, -0.2) is 4.79 Å². The molecule has 0 aliphatic carbocycles. The Labute approximate surface area is 84.8 Å². The van der Waals surface area contributed by atoms with Crippen LogP contribution in [0.25, 0.3) is 0 Å². The molecule has 0 aromatic carbocycles. The minimum absolute atomic E-state index is 0.253. The van der Waals surface area contributed by atoms with Gasteiger partial charge in [0.25, 0.3) is 0 Å². The molecule has 0 heterocycles. The standard InChI is InChI=1S/C10H18O4/c1-5-12-7-9(13-6-2)14-10(11)8(3)4/h9H,3,5-7H2,1-2,4H3. The van der Waals surface area contributed by atoms with Crippen molar-refractivity contribution in [3.05, 3.63) is 12.2 Å². The van der Waals surface area contributed by atoms with Crippen molar-refractivity contribution in [3.63, 3.8) is 0 Å². The smallest absolute Gasteiger partial charge is 0.335 e. The first-order valence-electron chi connectivity index (χ1n) is 4.67. The van der Waals surface area contributed by atoms with Crippen LogP contribution in [0.5, 0.6) is 0 Å². The normalized spacial score (nSPS) is 12.2. The van der Waals surface area contributed by atoms with Gasteiger partial charge in [-0.05, 0) is 20.8 Å². The average Bonchev–Trinajstić information content (AvgIpc) is 2.14. The van der Waals surface area contributed by atoms with Gasteiger partial charge in [-0.2, -0.15) is 0 Å². The molecule has 1 unspecified atom stereocenters. The molecule has 1 atom stereocenters. The summed E-state index contributed by atoms with van der Waals surface area (Å²) in [6.07, 6.45) is -0.635. The van der Waals surface area contributed by atoms with Crippen molar-refractivity contribution in [3.8, 4) is 0 Å². The van der Waals surface area contributed by atoms with E-state index in [1.165, 1.54) is 0 Å². The van der Waals surface area contributed by atoms with Crippen LogP contribution in [0, 0.1) is 0 Å². The lowest BCUT2D eigenvalue weighted by Crippen LogP contribution is -2.26. The molecule has 14 heavy (non-hydrogen) atoms. The van der Waals surface area contributed by atoms with Crippen LogP contribution < -0.4 is 0 Å². The molecule has 82 valence electrons. The molecule has 4 heteroatoms. The highest BCUT2D eigenvalue weighted by atomic mass is 16.7. The third-order valence-corrected chi connectivity index (χ3v) is 1.40. The average molecular weight is 202 g/mol. The summed E-state index contributed by atoms with van der Waals surface area (Å²) in [6.45, 7) is 10.0. The Kier molecular flexibility index (Phi) is 7.06. The van der Waals surface area contributed by atoms with Crippen molar-refractivity contribution < 1.29 is 19.0 Å². The predicted molar refractivity (Wildman–Crippen MR) is 52.8 cm³/mol. The van der Waals surface area contributed by atoms with Crippen LogP contribution in [0.4, 0.5) is 0 Å². The van der Waals surface area contributed by atoms with Gasteiger partial charge in [0.1, 0.15) is 6.61 Å². The molecule has 0 bridgehead atoms. The van der Waals surface area contributed by atoms with E-state index in [1.807, 2.05) is 13.8 Å². The van der Waals surface area contributed by atoms with E-state index in [9.17, 15) is 4.79 Å². The van der Waals surface area contributed by atoms with E-state index in [1.54, 1.807) is 6.92 Å². The molecule has 0 amide bonds. The lowest BCUT2D eigenvalue weighted by atomic mass is 10.4. The summed E-state index contributed by atoms with van der Waals surface area (Å²) < 4.78 is 15.2. The fourth-order valence-corrected chi connectivity index (χ4v) is 0.736. The van der Waals surface area contributed by atoms with E-state index < -0.39 is 12.3 Å². The van der Waals surface area contributed by atoms with Crippen molar-refractivity contribution in [1.29, 1.82) is 0 Å². The van der Waals surface area contributed by atoms with Gasteiger partial charge in [0.15, 0.2) is 0 Å². The maximum absolute atomic E-state index is 11.1. The summed E-state index contributed by atoms with van der Waals surface area (Å²) in [5.74, 6) is -0.455. The van der Waals surface area contributed by atoms with E-state index in [4.69, 9.17) is 14.2 Å². The molecule has 0 aromatic rings. The number of hydrogen-bond donors (Lipinski definition) is 0. The van der Waals surface area contributed by atoms with Gasteiger partial charge in [0, 0.05) is 18.8 Å². The SMILES string of the molecule is C=C(C)C(=O)OC(COCC)OCC. The van der Waals surface area contributed by atoms with Crippen molar-refractivity contribution in [2.45, 2.75) is 27.1 Å². The molecule has 0 aromatic heterocycles. The van der Waals surface area contributed by atoms with Gasteiger partial charge in [-0.3, -0.25) is 0 Å². The minimum atomic E-state index is -0.635. The molecule has 0 N–H and O–H groups in total. The van der Waals surface area contributed by atoms with Crippen molar-refractivity contribution >= 4 is 5.97 Å². The first-order chi connectivity index (χ1) is 6.61. The number of ether oxygens (including phenoxy) is 3. The fraction of sp³-hybridized carbons (Fsp3) is 0.700. The zero-order valence-corrected chi connectivity index (χ0v) is 9.04. The summed E-state index contributed by atoms with van der Waals surface area (Å²) in [5, 5.41) is 0. The highest BCUT2D eigenvalue weighted by Crippen LogP contribution is 2.01. The van der Waals surface area contributed by atoms with Gasteiger partial charge >= 0.3 is 5.97 Å². The molecular formula is C10H18O4. The lowest BCUT2D eigenvalue weighted by molar-refractivity contribution is -0.185. The molecule has 0 fully saturated rings. The largest absolute Gasteiger partial charge is 0.430 e. The number of hydrogen-bond acceptors (Lipinski definition) is 4. The molecule has 0 saturated carbocycles. The lowest BCUT2D eigenvalue weighted by Gasteiger charge is -2.17. The first-order valence-corrected chi connectivity index (χ1v) is 4.67. The molecule has 0 radical (unpaired) electrons. The Morgan fingerprint density at radius 3 is 2.43 bits per heavy atom. The van der Waals surface area contributed by atoms with Crippen molar-refractivity contribution in [2.75, 3.05) is 19.8 Å². The second-order valence-corrected chi connectivity index (χ2v) is 2.73. The molecule has 0 aliphatic rings. The van der Waals surface area contributed by atoms with Crippen LogP contribution in [0.3, 0.4) is 0 Å². The molecule has 0 rings (SSSR count). The summed E-state index contributed by atoms with van der Waals surface area (Å²) in [4.78, 5) is 11.1. The van der Waals surface area contributed by atoms with Crippen LogP contribution in [0.1, 0.15) is 20.8 Å². The number of esters is 1. The molecule has 4 nitrogen and oxygen atoms in total. The van der Waals surface area contributed by atoms with Crippen molar-refractivity contribution in [1.82, 2.24) is 0 Å². The number of carbonyl (C=O) groups excluding carboxylic acids is 1. The summed E-state index contributed by atoms with van der Waals surface area (Å²) in [5.41, 5.74) is 0.353. The second kappa shape index (κ2) is 7.53. The van der Waals surface area contributed by atoms with Gasteiger partial charge in [-0.15, -0.1) is 0 Å². The highest BCUT2D eigenvalue weighted by Gasteiger charge is 2.14. The second-order valence-electron chi connectivity index (χ2n) is 2.73. The summed E-state index contributed by atoms with van der Waals surface area (Å²) >= 11 is 0. The Morgan fingerprint density at radius 2 is 2.00 bits per heavy atom. The topological polar surface area (TPSA) is 44.8 Å². The number of carbonyl (C=O) groups is 1. The van der Waals surface area contributed by atoms with Gasteiger partial charge in [0.05, 0.1) is 0 Å². The Morgan fingerprint density at radius 1 is 1.36 bits per heavy atom. The van der Waals surface area contributed by atoms with Crippen LogP contribution in [0.15, 0.2) is 12.2 Å². The van der Waals surface area contributed by atoms with Crippen LogP contribution >= 0.6 is 0 Å². The zero-order chi connectivity index (χ0) is 11.0. The minimum Gasteiger partial charge on any atom is -0.430 e. The van der Waals surface area contributed by atoms with Crippen LogP contribution in [-0.4, -0.2) is 32.1 Å². The van der Waals surface area contributed by atoms with Gasteiger partial charge < -0.3 is 14.2 Å². The van der Waals surface area contributed by atoms with Crippen LogP contribution in [-0.2, 0) is 19.0 Å². The predicted octanol–water partition coefficient (Wildman–Crippen LogP) is 1.50. The molecular weight excluding hydrogens is 184 g/mol. The van der Waals surface area contributed by atoms with E-state index in [-0.39, 0.29) is 6.61 Å². The van der Waals surface area contributed by atoms with Crippen LogP contribution in [0.2, 0.25) is 0 Å². The monoisotopic (exact) mass is 202 g/mol. The third-order valence-electron chi connectivity index (χ3n) is 1.40. The summed E-state index contributed by atoms with van der Waals surface area (Å²) in [6, 6.07) is 0. The number of rotatable bonds is 7. The maximum atomic E-state index is 11.1. The van der Waals surface area contributed by atoms with Gasteiger partial charge in [0.2, 0.25) is 6.29 Å². The highest BCUT2D eigenvalue weighted by molar-refractivity contribution is 5.87. The summed E-state index contributed by atoms with van der Waals surface area (Å²) in [7, 11) is 0. The van der Waals surface area contributed by atoms with E-state index in [2.05, 4.69) is 6.58 Å². The van der Waals surface area contributed by atoms with E-state index in [0.29, 0.717) is 18.8 Å². The van der Waals surface area contributed by atoms with Crippen molar-refractivity contribution in [2.24, 2.45) is 0 Å². The first kappa shape index (κ1) is 13.1. The maximum Gasteiger partial charge on any atom is 0.335 e. The van der Waals surface area contributed by atoms with E-state index in [0.717, 1.165) is 0 Å². The third kappa shape index (κ3) is 5.72. The molecule has 0 saturated heterocycles. The van der Waals surface area contributed by atoms with Gasteiger partial charge in [-0.1, -0.05) is 6.58 Å². The Hall–Kier alpha value is -0.870. The Bertz CT molecular complexity index is 189. The quantitative estimate of drug-likeness (QED) is 0.356. The van der Waals surface area contributed by atoms with E-state index >= 15 is 0 Å². The zero-order valence-electron chi connectivity index (χ0n) is 9.04. The molecule has 0 spiro atoms. The fourth-order valence-electron chi connectivity index (χ4n) is 0.736.